The van der Waals surface area contributed by atoms with Gasteiger partial charge < -0.3 is 25.5 Å². The molecule has 0 radical (unpaired) electrons. The van der Waals surface area contributed by atoms with Crippen LogP contribution in [0.2, 0.25) is 0 Å². The number of carbonyl (C=O) groups excluding carboxylic acids is 2. The van der Waals surface area contributed by atoms with E-state index in [1.54, 1.807) is 36.4 Å². The molecule has 0 spiro atoms. The van der Waals surface area contributed by atoms with E-state index in [0.29, 0.717) is 46.0 Å². The van der Waals surface area contributed by atoms with Gasteiger partial charge in [-0.1, -0.05) is 23.4 Å². The average Bonchev–Trinajstić information content (AvgIpc) is 3.46. The number of ether oxygens (including phenoxy) is 2. The quantitative estimate of drug-likeness (QED) is 0.467. The maximum Gasteiger partial charge on any atom is 0.328 e. The molecular weight excluding hydrogens is 450 g/mol. The molecular formula is C25H23N5O5. The van der Waals surface area contributed by atoms with Gasteiger partial charge in [-0.05, 0) is 50.1 Å². The number of esters is 1. The molecule has 4 rings (SSSR count). The van der Waals surface area contributed by atoms with Crippen molar-refractivity contribution in [2.24, 2.45) is 11.5 Å². The molecule has 1 aliphatic rings. The molecule has 1 aliphatic carbocycles. The fraction of sp³-hybridized carbons (Fsp3) is 0.240. The van der Waals surface area contributed by atoms with Crippen LogP contribution in [-0.4, -0.2) is 34.2 Å². The number of primary amides is 1. The normalized spacial score (nSPS) is 13.1. The maximum absolute atomic E-state index is 12.2. The minimum absolute atomic E-state index is 0.0696. The highest BCUT2D eigenvalue weighted by molar-refractivity contribution is 5.89. The van der Waals surface area contributed by atoms with E-state index in [0.717, 1.165) is 5.56 Å². The lowest BCUT2D eigenvalue weighted by molar-refractivity contribution is -0.139. The topological polar surface area (TPSA) is 167 Å². The summed E-state index contributed by atoms with van der Waals surface area (Å²) in [5.74, 6) is -0.00210. The minimum atomic E-state index is -1.14. The van der Waals surface area contributed by atoms with Gasteiger partial charge in [-0.25, -0.2) is 4.79 Å². The van der Waals surface area contributed by atoms with Gasteiger partial charge in [0.25, 0.3) is 5.89 Å². The van der Waals surface area contributed by atoms with Gasteiger partial charge in [0.15, 0.2) is 0 Å². The Kier molecular flexibility index (Phi) is 6.62. The first kappa shape index (κ1) is 23.7. The minimum Gasteiger partial charge on any atom is -0.490 e. The smallest absolute Gasteiger partial charge is 0.328 e. The Labute approximate surface area is 201 Å². The number of carbonyl (C=O) groups is 2. The summed E-state index contributed by atoms with van der Waals surface area (Å²) in [7, 11) is 0. The highest BCUT2D eigenvalue weighted by atomic mass is 16.5. The van der Waals surface area contributed by atoms with Crippen LogP contribution in [-0.2, 0) is 20.7 Å². The van der Waals surface area contributed by atoms with Crippen molar-refractivity contribution in [3.63, 3.8) is 0 Å². The maximum atomic E-state index is 12.2. The van der Waals surface area contributed by atoms with E-state index in [2.05, 4.69) is 16.2 Å². The van der Waals surface area contributed by atoms with Crippen molar-refractivity contribution >= 4 is 17.6 Å². The average molecular weight is 473 g/mol. The molecule has 1 atom stereocenters. The number of nitrogens with two attached hydrogens (primary N) is 2. The van der Waals surface area contributed by atoms with Crippen molar-refractivity contribution in [1.82, 2.24) is 10.1 Å². The van der Waals surface area contributed by atoms with Crippen LogP contribution in [0.5, 0.6) is 5.75 Å². The van der Waals surface area contributed by atoms with Crippen LogP contribution in [0, 0.1) is 11.3 Å². The predicted molar refractivity (Wildman–Crippen MR) is 125 cm³/mol. The molecule has 3 aromatic rings. The zero-order valence-corrected chi connectivity index (χ0v) is 19.1. The fourth-order valence-electron chi connectivity index (χ4n) is 3.69. The Morgan fingerprint density at radius 2 is 2.00 bits per heavy atom. The first-order valence-corrected chi connectivity index (χ1v) is 10.9. The van der Waals surface area contributed by atoms with Crippen LogP contribution < -0.4 is 16.2 Å². The van der Waals surface area contributed by atoms with E-state index >= 15 is 0 Å². The zero-order valence-electron chi connectivity index (χ0n) is 19.1. The molecule has 178 valence electrons. The molecule has 0 bridgehead atoms. The second kappa shape index (κ2) is 9.79. The Balaban J connectivity index is 1.58. The Morgan fingerprint density at radius 1 is 1.23 bits per heavy atom. The predicted octanol–water partition coefficient (Wildman–Crippen LogP) is 2.71. The highest BCUT2D eigenvalue weighted by Gasteiger charge is 2.26. The monoisotopic (exact) mass is 473 g/mol. The molecule has 1 amide bonds. The van der Waals surface area contributed by atoms with Gasteiger partial charge in [0.1, 0.15) is 23.6 Å². The molecule has 2 aromatic carbocycles. The third kappa shape index (κ3) is 5.05. The number of nitrogens with zero attached hydrogens (tertiary/aromatic N) is 3. The van der Waals surface area contributed by atoms with Crippen LogP contribution in [0.4, 0.5) is 0 Å². The molecule has 10 nitrogen and oxygen atoms in total. The van der Waals surface area contributed by atoms with Gasteiger partial charge in [-0.3, -0.25) is 4.79 Å². The number of allylic oxidation sites excluding steroid dienone is 1. The largest absolute Gasteiger partial charge is 0.490 e. The van der Waals surface area contributed by atoms with Crippen LogP contribution in [0.25, 0.3) is 28.6 Å². The number of hydrogen-bond acceptors (Lipinski definition) is 9. The molecule has 1 heterocycles. The van der Waals surface area contributed by atoms with Crippen molar-refractivity contribution in [3.8, 4) is 34.7 Å². The zero-order chi connectivity index (χ0) is 25.1. The third-order valence-electron chi connectivity index (χ3n) is 5.24. The number of rotatable bonds is 8. The van der Waals surface area contributed by atoms with E-state index < -0.39 is 17.9 Å². The lowest BCUT2D eigenvalue weighted by atomic mass is 10.0. The van der Waals surface area contributed by atoms with Gasteiger partial charge in [-0.2, -0.15) is 10.2 Å². The number of hydrogen-bond donors (Lipinski definition) is 2. The lowest BCUT2D eigenvalue weighted by Crippen LogP contribution is -2.36. The van der Waals surface area contributed by atoms with Gasteiger partial charge in [0.05, 0.1) is 18.1 Å². The first-order chi connectivity index (χ1) is 16.8. The van der Waals surface area contributed by atoms with E-state index in [1.165, 1.54) is 0 Å². The Hall–Kier alpha value is -4.49. The van der Waals surface area contributed by atoms with Crippen LogP contribution in [0.1, 0.15) is 37.0 Å². The summed E-state index contributed by atoms with van der Waals surface area (Å²) < 4.78 is 16.5. The van der Waals surface area contributed by atoms with E-state index in [9.17, 15) is 14.9 Å². The van der Waals surface area contributed by atoms with Crippen molar-refractivity contribution in [2.75, 3.05) is 0 Å². The molecule has 1 unspecified atom stereocenters. The number of fused-ring (bicyclic) bond motifs is 1. The third-order valence-corrected chi connectivity index (χ3v) is 5.24. The van der Waals surface area contributed by atoms with E-state index in [4.69, 9.17) is 25.5 Å². The van der Waals surface area contributed by atoms with E-state index in [1.807, 2.05) is 19.9 Å². The van der Waals surface area contributed by atoms with Crippen LogP contribution in [0.3, 0.4) is 0 Å². The molecule has 0 fully saturated rings. The number of benzene rings is 2. The SMILES string of the molecule is CC(C)Oc1ccc(-c2nc(-c3cccc4c3CC=C4OC(=O)C(N)CC(N)=O)no2)cc1C#N. The highest BCUT2D eigenvalue weighted by Crippen LogP contribution is 2.36. The Morgan fingerprint density at radius 3 is 2.71 bits per heavy atom. The molecule has 1 aromatic heterocycles. The molecule has 0 aliphatic heterocycles. The molecule has 10 heteroatoms. The summed E-state index contributed by atoms with van der Waals surface area (Å²) in [6.45, 7) is 3.77. The summed E-state index contributed by atoms with van der Waals surface area (Å²) in [4.78, 5) is 27.8. The summed E-state index contributed by atoms with van der Waals surface area (Å²) in [6.07, 6.45) is 1.85. The lowest BCUT2D eigenvalue weighted by Gasteiger charge is -2.12. The van der Waals surface area contributed by atoms with Crippen molar-refractivity contribution in [2.45, 2.75) is 38.8 Å². The van der Waals surface area contributed by atoms with Crippen LogP contribution in [0.15, 0.2) is 47.0 Å². The molecule has 0 saturated carbocycles. The second-order valence-electron chi connectivity index (χ2n) is 8.21. The van der Waals surface area contributed by atoms with Gasteiger partial charge in [0, 0.05) is 16.7 Å². The van der Waals surface area contributed by atoms with Gasteiger partial charge >= 0.3 is 5.97 Å². The summed E-state index contributed by atoms with van der Waals surface area (Å²) in [6, 6.07) is 11.5. The fourth-order valence-corrected chi connectivity index (χ4v) is 3.69. The molecule has 0 saturated heterocycles. The second-order valence-corrected chi connectivity index (χ2v) is 8.21. The van der Waals surface area contributed by atoms with Crippen molar-refractivity contribution in [3.05, 3.63) is 59.2 Å². The summed E-state index contributed by atoms with van der Waals surface area (Å²) >= 11 is 0. The standard InChI is InChI=1S/C25H23N5O5/c1-13(2)33-20-8-6-14(10-15(20)12-26)24-29-23(30-35-24)18-5-3-4-17-16(18)7-9-21(17)34-25(32)19(27)11-22(28)31/h3-6,8-10,13,19H,7,11,27H2,1-2H3,(H2,28,31). The number of nitriles is 1. The number of amides is 1. The Bertz CT molecular complexity index is 1370. The van der Waals surface area contributed by atoms with E-state index in [-0.39, 0.29) is 18.4 Å². The summed E-state index contributed by atoms with van der Waals surface area (Å²) in [5, 5.41) is 13.6. The molecule has 4 N–H and O–H groups in total. The van der Waals surface area contributed by atoms with Crippen molar-refractivity contribution < 1.29 is 23.6 Å². The number of aromatic nitrogens is 2. The van der Waals surface area contributed by atoms with Gasteiger partial charge in [-0.15, -0.1) is 0 Å². The molecule has 35 heavy (non-hydrogen) atoms. The van der Waals surface area contributed by atoms with Crippen molar-refractivity contribution in [1.29, 1.82) is 5.26 Å². The summed E-state index contributed by atoms with van der Waals surface area (Å²) in [5.41, 5.74) is 14.0. The first-order valence-electron chi connectivity index (χ1n) is 10.9. The van der Waals surface area contributed by atoms with Crippen LogP contribution >= 0.6 is 0 Å². The van der Waals surface area contributed by atoms with Gasteiger partial charge in [0.2, 0.25) is 11.7 Å².